The number of carbonyl (C=O) groups excluding carboxylic acids is 1. The van der Waals surface area contributed by atoms with Gasteiger partial charge in [0.2, 0.25) is 5.91 Å². The fourth-order valence-electron chi connectivity index (χ4n) is 1.49. The highest BCUT2D eigenvalue weighted by Crippen LogP contribution is 2.30. The number of rotatable bonds is 5. The Bertz CT molecular complexity index is 265. The lowest BCUT2D eigenvalue weighted by Gasteiger charge is -2.28. The largest absolute Gasteiger partial charge is 0.480 e. The summed E-state index contributed by atoms with van der Waals surface area (Å²) in [6.07, 6.45) is 1.84. The molecule has 0 spiro atoms. The van der Waals surface area contributed by atoms with Crippen LogP contribution in [0.4, 0.5) is 0 Å². The van der Waals surface area contributed by atoms with Gasteiger partial charge in [-0.15, -0.1) is 0 Å². The van der Waals surface area contributed by atoms with Crippen molar-refractivity contribution in [1.29, 1.82) is 0 Å². The molecular weight excluding hydrogens is 214 g/mol. The summed E-state index contributed by atoms with van der Waals surface area (Å²) in [7, 11) is 0. The Morgan fingerprint density at radius 2 is 2.00 bits per heavy atom. The van der Waals surface area contributed by atoms with Gasteiger partial charge in [-0.1, -0.05) is 6.92 Å². The van der Waals surface area contributed by atoms with Crippen molar-refractivity contribution in [3.63, 3.8) is 0 Å². The van der Waals surface area contributed by atoms with Gasteiger partial charge in [-0.3, -0.25) is 4.79 Å². The molecule has 0 heterocycles. The van der Waals surface area contributed by atoms with E-state index in [2.05, 4.69) is 12.6 Å². The topological polar surface area (TPSA) is 57.6 Å². The van der Waals surface area contributed by atoms with E-state index in [9.17, 15) is 9.59 Å². The first-order chi connectivity index (χ1) is 6.99. The fourth-order valence-corrected chi connectivity index (χ4v) is 1.65. The minimum Gasteiger partial charge on any atom is -0.480 e. The molecule has 0 radical (unpaired) electrons. The van der Waals surface area contributed by atoms with Gasteiger partial charge in [-0.05, 0) is 19.8 Å². The molecule has 5 heteroatoms. The van der Waals surface area contributed by atoms with E-state index >= 15 is 0 Å². The molecule has 4 nitrogen and oxygen atoms in total. The summed E-state index contributed by atoms with van der Waals surface area (Å²) < 4.78 is 0. The van der Waals surface area contributed by atoms with Gasteiger partial charge in [0.1, 0.15) is 6.04 Å². The Kier molecular flexibility index (Phi) is 4.02. The molecule has 1 rings (SSSR count). The van der Waals surface area contributed by atoms with Crippen molar-refractivity contribution in [2.45, 2.75) is 38.8 Å². The first-order valence-corrected chi connectivity index (χ1v) is 5.78. The molecule has 1 N–H and O–H groups in total. The molecule has 86 valence electrons. The maximum atomic E-state index is 11.9. The normalized spacial score (nSPS) is 19.4. The van der Waals surface area contributed by atoms with Crippen LogP contribution in [0.3, 0.4) is 0 Å². The number of aliphatic carboxylic acids is 1. The average Bonchev–Trinajstić information content (AvgIpc) is 3.00. The summed E-state index contributed by atoms with van der Waals surface area (Å²) in [5.74, 6) is -0.797. The zero-order chi connectivity index (χ0) is 11.6. The van der Waals surface area contributed by atoms with Crippen molar-refractivity contribution >= 4 is 24.5 Å². The van der Waals surface area contributed by atoms with E-state index < -0.39 is 12.0 Å². The highest BCUT2D eigenvalue weighted by Gasteiger charge is 2.39. The van der Waals surface area contributed by atoms with Crippen molar-refractivity contribution in [2.75, 3.05) is 5.75 Å². The van der Waals surface area contributed by atoms with Gasteiger partial charge in [0, 0.05) is 17.7 Å². The quantitative estimate of drug-likeness (QED) is 0.694. The predicted octanol–water partition coefficient (Wildman–Crippen LogP) is 1.02. The predicted molar refractivity (Wildman–Crippen MR) is 60.0 cm³/mol. The lowest BCUT2D eigenvalue weighted by atomic mass is 10.1. The molecule has 1 aliphatic rings. The Balaban J connectivity index is 2.73. The maximum Gasteiger partial charge on any atom is 0.326 e. The van der Waals surface area contributed by atoms with Crippen molar-refractivity contribution in [1.82, 2.24) is 4.90 Å². The molecule has 0 bridgehead atoms. The van der Waals surface area contributed by atoms with Gasteiger partial charge in [0.25, 0.3) is 0 Å². The molecule has 1 aliphatic carbocycles. The summed E-state index contributed by atoms with van der Waals surface area (Å²) in [6.45, 7) is 3.34. The second kappa shape index (κ2) is 4.88. The molecular formula is C10H17NO3S. The van der Waals surface area contributed by atoms with Crippen LogP contribution < -0.4 is 0 Å². The summed E-state index contributed by atoms with van der Waals surface area (Å²) in [5, 5.41) is 8.92. The van der Waals surface area contributed by atoms with E-state index in [0.717, 1.165) is 12.8 Å². The highest BCUT2D eigenvalue weighted by molar-refractivity contribution is 7.80. The van der Waals surface area contributed by atoms with Gasteiger partial charge in [0.15, 0.2) is 0 Å². The molecule has 1 saturated carbocycles. The van der Waals surface area contributed by atoms with Crippen LogP contribution in [-0.4, -0.2) is 39.7 Å². The first-order valence-electron chi connectivity index (χ1n) is 5.14. The van der Waals surface area contributed by atoms with Crippen molar-refractivity contribution < 1.29 is 14.7 Å². The number of amides is 1. The van der Waals surface area contributed by atoms with Crippen LogP contribution in [0, 0.1) is 5.92 Å². The molecule has 1 amide bonds. The molecule has 15 heavy (non-hydrogen) atoms. The SMILES string of the molecule is CC(CS)C(=O)N(C1CC1)[C@@H](C)C(=O)O. The average molecular weight is 231 g/mol. The van der Waals surface area contributed by atoms with Crippen LogP contribution in [0.15, 0.2) is 0 Å². The Morgan fingerprint density at radius 3 is 2.33 bits per heavy atom. The third kappa shape index (κ3) is 2.87. The summed E-state index contributed by atoms with van der Waals surface area (Å²) in [5.41, 5.74) is 0. The van der Waals surface area contributed by atoms with Crippen LogP contribution in [0.1, 0.15) is 26.7 Å². The number of carboxylic acid groups (broad SMARTS) is 1. The minimum atomic E-state index is -0.943. The van der Waals surface area contributed by atoms with Crippen LogP contribution >= 0.6 is 12.6 Å². The molecule has 0 saturated heterocycles. The molecule has 0 aliphatic heterocycles. The maximum absolute atomic E-state index is 11.9. The lowest BCUT2D eigenvalue weighted by Crippen LogP contribution is -2.47. The monoisotopic (exact) mass is 231 g/mol. The minimum absolute atomic E-state index is 0.0950. The summed E-state index contributed by atoms with van der Waals surface area (Å²) in [4.78, 5) is 24.3. The molecule has 0 aromatic carbocycles. The smallest absolute Gasteiger partial charge is 0.326 e. The van der Waals surface area contributed by atoms with Gasteiger partial charge in [-0.2, -0.15) is 12.6 Å². The second-order valence-corrected chi connectivity index (χ2v) is 4.44. The van der Waals surface area contributed by atoms with Crippen molar-refractivity contribution in [3.05, 3.63) is 0 Å². The molecule has 0 aromatic rings. The van der Waals surface area contributed by atoms with Crippen molar-refractivity contribution in [2.24, 2.45) is 5.92 Å². The fraction of sp³-hybridized carbons (Fsp3) is 0.800. The zero-order valence-electron chi connectivity index (χ0n) is 9.01. The Morgan fingerprint density at radius 1 is 1.47 bits per heavy atom. The molecule has 2 atom stereocenters. The first kappa shape index (κ1) is 12.4. The number of nitrogens with zero attached hydrogens (tertiary/aromatic N) is 1. The third-order valence-corrected chi connectivity index (χ3v) is 3.21. The Labute approximate surface area is 95.1 Å². The Hall–Kier alpha value is -0.710. The van der Waals surface area contributed by atoms with E-state index in [1.807, 2.05) is 0 Å². The molecule has 1 fully saturated rings. The van der Waals surface area contributed by atoms with Crippen molar-refractivity contribution in [3.8, 4) is 0 Å². The van der Waals surface area contributed by atoms with E-state index in [4.69, 9.17) is 5.11 Å². The highest BCUT2D eigenvalue weighted by atomic mass is 32.1. The lowest BCUT2D eigenvalue weighted by molar-refractivity contribution is -0.151. The van der Waals surface area contributed by atoms with Gasteiger partial charge < -0.3 is 10.0 Å². The number of carbonyl (C=O) groups is 2. The third-order valence-electron chi connectivity index (χ3n) is 2.66. The van der Waals surface area contributed by atoms with E-state index in [1.54, 1.807) is 13.8 Å². The van der Waals surface area contributed by atoms with E-state index in [1.165, 1.54) is 4.90 Å². The van der Waals surface area contributed by atoms with E-state index in [0.29, 0.717) is 5.75 Å². The van der Waals surface area contributed by atoms with Gasteiger partial charge in [-0.25, -0.2) is 4.79 Å². The number of carboxylic acids is 1. The van der Waals surface area contributed by atoms with Crippen LogP contribution in [0.25, 0.3) is 0 Å². The summed E-state index contributed by atoms with van der Waals surface area (Å²) in [6, 6.07) is -0.599. The number of thiol groups is 1. The van der Waals surface area contributed by atoms with Crippen LogP contribution in [0.5, 0.6) is 0 Å². The number of hydrogen-bond acceptors (Lipinski definition) is 3. The zero-order valence-corrected chi connectivity index (χ0v) is 9.91. The van der Waals surface area contributed by atoms with E-state index in [-0.39, 0.29) is 17.9 Å². The van der Waals surface area contributed by atoms with Gasteiger partial charge in [0.05, 0.1) is 0 Å². The standard InChI is InChI=1S/C10H17NO3S/c1-6(5-15)9(12)11(8-3-4-8)7(2)10(13)14/h6-8,15H,3-5H2,1-2H3,(H,13,14)/t6?,7-/m0/s1. The van der Waals surface area contributed by atoms with Crippen LogP contribution in [-0.2, 0) is 9.59 Å². The summed E-state index contributed by atoms with van der Waals surface area (Å²) >= 11 is 4.06. The second-order valence-electron chi connectivity index (χ2n) is 4.07. The van der Waals surface area contributed by atoms with Crippen LogP contribution in [0.2, 0.25) is 0 Å². The number of hydrogen-bond donors (Lipinski definition) is 2. The van der Waals surface area contributed by atoms with Gasteiger partial charge >= 0.3 is 5.97 Å². The molecule has 1 unspecified atom stereocenters. The molecule has 0 aromatic heterocycles.